The number of aromatic nitrogens is 2. The van der Waals surface area contributed by atoms with Crippen LogP contribution in [0.15, 0.2) is 29.2 Å². The Hall–Kier alpha value is -2.23. The third-order valence-corrected chi connectivity index (χ3v) is 6.76. The van der Waals surface area contributed by atoms with Crippen molar-refractivity contribution >= 4 is 45.1 Å². The van der Waals surface area contributed by atoms with E-state index in [-0.39, 0.29) is 17.8 Å². The maximum atomic E-state index is 13.7. The number of thiophene rings is 1. The lowest BCUT2D eigenvalue weighted by molar-refractivity contribution is 0.0906. The van der Waals surface area contributed by atoms with Gasteiger partial charge in [-0.25, -0.2) is 8.70 Å². The number of rotatable bonds is 4. The van der Waals surface area contributed by atoms with Crippen molar-refractivity contribution in [1.82, 2.24) is 19.8 Å². The lowest BCUT2D eigenvalue weighted by Crippen LogP contribution is -2.56. The van der Waals surface area contributed by atoms with Crippen molar-refractivity contribution in [2.75, 3.05) is 18.8 Å². The molecule has 4 rings (SSSR count). The average molecular weight is 404 g/mol. The van der Waals surface area contributed by atoms with Gasteiger partial charge in [0.05, 0.1) is 22.3 Å². The molecule has 3 N–H and O–H groups in total. The standard InChI is InChI=1S/C18H18FN5OS2/c1-9-10(2)22-23-18-14(9)15(20)16(26-18)17(25)21-11-7-24(8-11)27-13-6-4-3-5-12(13)19/h3-6,11H,7-8,20H2,1-2H3,(H,21,25). The number of nitrogens with one attached hydrogen (secondary N) is 1. The number of hydrogen-bond acceptors (Lipinski definition) is 7. The molecule has 1 aliphatic rings. The summed E-state index contributed by atoms with van der Waals surface area (Å²) in [5, 5.41) is 12.0. The first-order valence-corrected chi connectivity index (χ1v) is 10.0. The smallest absolute Gasteiger partial charge is 0.263 e. The molecule has 0 unspecified atom stereocenters. The van der Waals surface area contributed by atoms with E-state index in [1.54, 1.807) is 18.2 Å². The zero-order valence-corrected chi connectivity index (χ0v) is 16.5. The number of anilines is 1. The van der Waals surface area contributed by atoms with E-state index in [0.29, 0.717) is 33.4 Å². The molecule has 140 valence electrons. The van der Waals surface area contributed by atoms with Crippen LogP contribution in [0.5, 0.6) is 0 Å². The number of nitrogen functional groups attached to an aromatic ring is 1. The third-order valence-electron chi connectivity index (χ3n) is 4.59. The Morgan fingerprint density at radius 1 is 1.33 bits per heavy atom. The molecular formula is C18H18FN5OS2. The monoisotopic (exact) mass is 403 g/mol. The van der Waals surface area contributed by atoms with Crippen LogP contribution in [-0.4, -0.2) is 39.5 Å². The number of fused-ring (bicyclic) bond motifs is 1. The average Bonchev–Trinajstić information content (AvgIpc) is 2.95. The summed E-state index contributed by atoms with van der Waals surface area (Å²) in [7, 11) is 0. The summed E-state index contributed by atoms with van der Waals surface area (Å²) in [5.74, 6) is -0.437. The van der Waals surface area contributed by atoms with Gasteiger partial charge >= 0.3 is 0 Å². The van der Waals surface area contributed by atoms with Crippen molar-refractivity contribution in [3.05, 3.63) is 46.2 Å². The maximum Gasteiger partial charge on any atom is 0.263 e. The molecule has 0 saturated carbocycles. The van der Waals surface area contributed by atoms with E-state index in [1.807, 2.05) is 18.2 Å². The first-order valence-electron chi connectivity index (χ1n) is 8.44. The van der Waals surface area contributed by atoms with Gasteiger partial charge in [0.15, 0.2) is 0 Å². The lowest BCUT2D eigenvalue weighted by atomic mass is 10.1. The molecule has 3 aromatic rings. The highest BCUT2D eigenvalue weighted by atomic mass is 32.2. The Kier molecular flexibility index (Phi) is 4.75. The first-order chi connectivity index (χ1) is 12.9. The number of nitrogens with zero attached hydrogens (tertiary/aromatic N) is 3. The highest BCUT2D eigenvalue weighted by molar-refractivity contribution is 7.97. The van der Waals surface area contributed by atoms with E-state index >= 15 is 0 Å². The van der Waals surface area contributed by atoms with Crippen molar-refractivity contribution in [3.63, 3.8) is 0 Å². The minimum Gasteiger partial charge on any atom is -0.397 e. The molecule has 6 nitrogen and oxygen atoms in total. The molecule has 0 radical (unpaired) electrons. The van der Waals surface area contributed by atoms with Crippen LogP contribution in [0.25, 0.3) is 10.2 Å². The van der Waals surface area contributed by atoms with Crippen LogP contribution >= 0.6 is 23.3 Å². The van der Waals surface area contributed by atoms with Gasteiger partial charge < -0.3 is 11.1 Å². The second kappa shape index (κ2) is 7.06. The van der Waals surface area contributed by atoms with Crippen molar-refractivity contribution in [3.8, 4) is 0 Å². The van der Waals surface area contributed by atoms with E-state index in [4.69, 9.17) is 5.73 Å². The van der Waals surface area contributed by atoms with Crippen LogP contribution < -0.4 is 11.1 Å². The van der Waals surface area contributed by atoms with Crippen LogP contribution in [0.3, 0.4) is 0 Å². The zero-order chi connectivity index (χ0) is 19.1. The molecule has 1 fully saturated rings. The Morgan fingerprint density at radius 3 is 2.81 bits per heavy atom. The SMILES string of the molecule is Cc1nnc2sc(C(=O)NC3CN(Sc4ccccc4F)C3)c(N)c2c1C. The Balaban J connectivity index is 1.41. The van der Waals surface area contributed by atoms with Gasteiger partial charge in [0, 0.05) is 18.5 Å². The summed E-state index contributed by atoms with van der Waals surface area (Å²) in [5.41, 5.74) is 8.43. The summed E-state index contributed by atoms with van der Waals surface area (Å²) < 4.78 is 15.7. The van der Waals surface area contributed by atoms with Crippen LogP contribution in [0, 0.1) is 19.7 Å². The van der Waals surface area contributed by atoms with Crippen LogP contribution in [-0.2, 0) is 0 Å². The molecule has 1 amide bonds. The van der Waals surface area contributed by atoms with Gasteiger partial charge in [-0.15, -0.1) is 16.4 Å². The number of benzene rings is 1. The third kappa shape index (κ3) is 3.38. The molecule has 27 heavy (non-hydrogen) atoms. The van der Waals surface area contributed by atoms with Gasteiger partial charge in [-0.2, -0.15) is 5.10 Å². The van der Waals surface area contributed by atoms with E-state index in [2.05, 4.69) is 15.5 Å². The van der Waals surface area contributed by atoms with Crippen molar-refractivity contribution in [1.29, 1.82) is 0 Å². The van der Waals surface area contributed by atoms with Gasteiger partial charge in [0.25, 0.3) is 5.91 Å². The summed E-state index contributed by atoms with van der Waals surface area (Å²) in [4.78, 5) is 14.4. The normalized spacial score (nSPS) is 15.1. The molecule has 1 aromatic carbocycles. The largest absolute Gasteiger partial charge is 0.397 e. The number of hydrogen-bond donors (Lipinski definition) is 2. The van der Waals surface area contributed by atoms with Gasteiger partial charge in [0.2, 0.25) is 0 Å². The second-order valence-electron chi connectivity index (χ2n) is 6.47. The van der Waals surface area contributed by atoms with Crippen LogP contribution in [0.2, 0.25) is 0 Å². The summed E-state index contributed by atoms with van der Waals surface area (Å²) in [6.07, 6.45) is 0. The molecule has 0 aliphatic carbocycles. The van der Waals surface area contributed by atoms with E-state index in [0.717, 1.165) is 16.6 Å². The summed E-state index contributed by atoms with van der Waals surface area (Å²) in [6, 6.07) is 6.67. The first kappa shape index (κ1) is 18.1. The minimum atomic E-state index is -0.236. The van der Waals surface area contributed by atoms with Crippen LogP contribution in [0.4, 0.5) is 10.1 Å². The summed E-state index contributed by atoms with van der Waals surface area (Å²) in [6.45, 7) is 5.09. The van der Waals surface area contributed by atoms with E-state index in [1.165, 1.54) is 29.4 Å². The Labute approximate surface area is 164 Å². The molecule has 2 aromatic heterocycles. The van der Waals surface area contributed by atoms with Gasteiger partial charge in [-0.3, -0.25) is 4.79 Å². The van der Waals surface area contributed by atoms with Crippen LogP contribution in [0.1, 0.15) is 20.9 Å². The van der Waals surface area contributed by atoms with Gasteiger partial charge in [-0.1, -0.05) is 12.1 Å². The quantitative estimate of drug-likeness (QED) is 0.651. The Morgan fingerprint density at radius 2 is 2.07 bits per heavy atom. The molecule has 0 spiro atoms. The van der Waals surface area contributed by atoms with Gasteiger partial charge in [-0.05, 0) is 43.5 Å². The Bertz CT molecular complexity index is 1030. The number of aryl methyl sites for hydroxylation is 2. The summed E-state index contributed by atoms with van der Waals surface area (Å²) >= 11 is 2.62. The predicted octanol–water partition coefficient (Wildman–Crippen LogP) is 3.15. The van der Waals surface area contributed by atoms with E-state index < -0.39 is 0 Å². The molecule has 9 heteroatoms. The molecule has 0 bridgehead atoms. The lowest BCUT2D eigenvalue weighted by Gasteiger charge is -2.38. The fourth-order valence-electron chi connectivity index (χ4n) is 2.92. The predicted molar refractivity (Wildman–Crippen MR) is 106 cm³/mol. The molecular weight excluding hydrogens is 385 g/mol. The van der Waals surface area contributed by atoms with Crippen molar-refractivity contribution in [2.24, 2.45) is 0 Å². The number of amides is 1. The number of carbonyl (C=O) groups is 1. The molecule has 1 saturated heterocycles. The fourth-order valence-corrected chi connectivity index (χ4v) is 5.01. The van der Waals surface area contributed by atoms with Gasteiger partial charge in [0.1, 0.15) is 15.5 Å². The maximum absolute atomic E-state index is 13.7. The topological polar surface area (TPSA) is 84.1 Å². The molecule has 3 heterocycles. The molecule has 0 atom stereocenters. The van der Waals surface area contributed by atoms with Crippen molar-refractivity contribution in [2.45, 2.75) is 24.8 Å². The molecule has 1 aliphatic heterocycles. The zero-order valence-electron chi connectivity index (χ0n) is 14.8. The number of carbonyl (C=O) groups excluding carboxylic acids is 1. The number of nitrogens with two attached hydrogens (primary N) is 1. The van der Waals surface area contributed by atoms with Crippen molar-refractivity contribution < 1.29 is 9.18 Å². The number of halogens is 1. The fraction of sp³-hybridized carbons (Fsp3) is 0.278. The second-order valence-corrected chi connectivity index (χ2v) is 8.61. The van der Waals surface area contributed by atoms with E-state index in [9.17, 15) is 9.18 Å². The highest BCUT2D eigenvalue weighted by Crippen LogP contribution is 2.35. The minimum absolute atomic E-state index is 0.00954. The highest BCUT2D eigenvalue weighted by Gasteiger charge is 2.31.